The van der Waals surface area contributed by atoms with Crippen molar-refractivity contribution in [3.05, 3.63) is 59.7 Å². The van der Waals surface area contributed by atoms with Crippen LogP contribution in [-0.2, 0) is 0 Å². The van der Waals surface area contributed by atoms with Gasteiger partial charge in [-0.3, -0.25) is 4.79 Å². The van der Waals surface area contributed by atoms with Crippen molar-refractivity contribution >= 4 is 17.1 Å². The monoisotopic (exact) mass is 464 g/mol. The number of aliphatic hydroxyl groups is 2. The van der Waals surface area contributed by atoms with Gasteiger partial charge in [-0.05, 0) is 43.2 Å². The van der Waals surface area contributed by atoms with Crippen molar-refractivity contribution in [1.29, 1.82) is 0 Å². The molecule has 1 amide bonds. The van der Waals surface area contributed by atoms with Gasteiger partial charge in [-0.1, -0.05) is 0 Å². The molecule has 0 bridgehead atoms. The van der Waals surface area contributed by atoms with Gasteiger partial charge in [0.2, 0.25) is 0 Å². The molecule has 0 radical (unpaired) electrons. The fourth-order valence-electron chi connectivity index (χ4n) is 4.08. The van der Waals surface area contributed by atoms with Crippen molar-refractivity contribution in [3.63, 3.8) is 0 Å². The van der Waals surface area contributed by atoms with E-state index in [2.05, 4.69) is 15.2 Å². The third-order valence-electron chi connectivity index (χ3n) is 5.59. The van der Waals surface area contributed by atoms with E-state index in [0.29, 0.717) is 29.7 Å². The number of halogens is 3. The first kappa shape index (κ1) is 22.9. The second kappa shape index (κ2) is 9.67. The average molecular weight is 464 g/mol. The zero-order valence-corrected chi connectivity index (χ0v) is 17.5. The van der Waals surface area contributed by atoms with Crippen LogP contribution in [0.5, 0.6) is 5.75 Å². The standard InChI is InChI=1S/C22H23F3N4O4/c23-13-3-4-20(33-22(24)25)16(8-13)18-2-1-6-28(18)14-5-7-29-19(9-14)17(11-27-29)21(32)26-10-15(31)12-30/h3-5,7-9,11,15,18,22,30-31H,1-2,6,10,12H2,(H,26,32). The van der Waals surface area contributed by atoms with Crippen molar-refractivity contribution < 1.29 is 32.9 Å². The van der Waals surface area contributed by atoms with E-state index in [-0.39, 0.29) is 17.9 Å². The van der Waals surface area contributed by atoms with Crippen LogP contribution in [0.15, 0.2) is 42.7 Å². The smallest absolute Gasteiger partial charge is 0.387 e. The minimum atomic E-state index is -3.03. The summed E-state index contributed by atoms with van der Waals surface area (Å²) in [6, 6.07) is 6.63. The molecule has 3 aromatic rings. The topological polar surface area (TPSA) is 99.3 Å². The largest absolute Gasteiger partial charge is 0.434 e. The van der Waals surface area contributed by atoms with Gasteiger partial charge in [0, 0.05) is 30.5 Å². The molecule has 0 aliphatic carbocycles. The van der Waals surface area contributed by atoms with Crippen LogP contribution < -0.4 is 15.0 Å². The van der Waals surface area contributed by atoms with E-state index < -0.39 is 37.1 Å². The molecule has 3 heterocycles. The number of anilines is 1. The maximum Gasteiger partial charge on any atom is 0.387 e. The molecule has 2 atom stereocenters. The molecule has 1 fully saturated rings. The number of benzene rings is 1. The summed E-state index contributed by atoms with van der Waals surface area (Å²) in [6.07, 6.45) is 3.35. The Morgan fingerprint density at radius 1 is 1.30 bits per heavy atom. The second-order valence-electron chi connectivity index (χ2n) is 7.73. The Balaban J connectivity index is 1.65. The van der Waals surface area contributed by atoms with Crippen molar-refractivity contribution in [2.24, 2.45) is 0 Å². The number of fused-ring (bicyclic) bond motifs is 1. The highest BCUT2D eigenvalue weighted by molar-refractivity contribution is 6.01. The Labute approximate surface area is 187 Å². The summed E-state index contributed by atoms with van der Waals surface area (Å²) < 4.78 is 45.9. The summed E-state index contributed by atoms with van der Waals surface area (Å²) in [5.74, 6) is -1.09. The quantitative estimate of drug-likeness (QED) is 0.474. The molecule has 2 aromatic heterocycles. The minimum Gasteiger partial charge on any atom is -0.434 e. The summed E-state index contributed by atoms with van der Waals surface area (Å²) in [5, 5.41) is 25.1. The van der Waals surface area contributed by atoms with Crippen LogP contribution in [0.4, 0.5) is 18.9 Å². The first-order valence-electron chi connectivity index (χ1n) is 10.4. The van der Waals surface area contributed by atoms with Gasteiger partial charge in [0.05, 0.1) is 36.0 Å². The fourth-order valence-corrected chi connectivity index (χ4v) is 4.08. The highest BCUT2D eigenvalue weighted by Crippen LogP contribution is 2.41. The number of nitrogens with one attached hydrogen (secondary N) is 1. The van der Waals surface area contributed by atoms with Crippen molar-refractivity contribution in [3.8, 4) is 5.75 Å². The molecular formula is C22H23F3N4O4. The Morgan fingerprint density at radius 2 is 2.12 bits per heavy atom. The molecule has 1 aliphatic rings. The van der Waals surface area contributed by atoms with E-state index in [1.54, 1.807) is 18.3 Å². The SMILES string of the molecule is O=C(NCC(O)CO)c1cnn2ccc(N3CCCC3c3cc(F)ccc3OC(F)F)cc12. The number of alkyl halides is 2. The summed E-state index contributed by atoms with van der Waals surface area (Å²) in [7, 11) is 0. The molecule has 3 N–H and O–H groups in total. The maximum atomic E-state index is 14.0. The lowest BCUT2D eigenvalue weighted by molar-refractivity contribution is -0.0506. The summed E-state index contributed by atoms with van der Waals surface area (Å²) >= 11 is 0. The lowest BCUT2D eigenvalue weighted by Gasteiger charge is -2.28. The van der Waals surface area contributed by atoms with E-state index in [0.717, 1.165) is 12.5 Å². The predicted octanol–water partition coefficient (Wildman–Crippen LogP) is 2.50. The number of carbonyl (C=O) groups excluding carboxylic acids is 1. The number of hydrogen-bond acceptors (Lipinski definition) is 6. The van der Waals surface area contributed by atoms with E-state index in [9.17, 15) is 23.1 Å². The Bertz CT molecular complexity index is 1140. The van der Waals surface area contributed by atoms with E-state index >= 15 is 0 Å². The van der Waals surface area contributed by atoms with Gasteiger partial charge in [-0.25, -0.2) is 8.91 Å². The maximum absolute atomic E-state index is 14.0. The zero-order chi connectivity index (χ0) is 23.5. The predicted molar refractivity (Wildman–Crippen MR) is 113 cm³/mol. The third kappa shape index (κ3) is 4.88. The van der Waals surface area contributed by atoms with Crippen LogP contribution in [0.3, 0.4) is 0 Å². The normalized spacial score (nSPS) is 17.0. The molecule has 0 saturated carbocycles. The molecule has 176 valence electrons. The van der Waals surface area contributed by atoms with Crippen molar-refractivity contribution in [2.45, 2.75) is 31.6 Å². The van der Waals surface area contributed by atoms with Crippen LogP contribution in [-0.4, -0.2) is 58.1 Å². The Kier molecular flexibility index (Phi) is 6.70. The molecule has 2 unspecified atom stereocenters. The summed E-state index contributed by atoms with van der Waals surface area (Å²) in [5.41, 5.74) is 1.81. The van der Waals surface area contributed by atoms with Crippen LogP contribution in [0.2, 0.25) is 0 Å². The molecule has 33 heavy (non-hydrogen) atoms. The van der Waals surface area contributed by atoms with E-state index in [1.165, 1.54) is 22.8 Å². The van der Waals surface area contributed by atoms with Gasteiger partial charge in [-0.2, -0.15) is 13.9 Å². The first-order valence-corrected chi connectivity index (χ1v) is 10.4. The number of rotatable bonds is 8. The highest BCUT2D eigenvalue weighted by Gasteiger charge is 2.30. The molecule has 4 rings (SSSR count). The average Bonchev–Trinajstić information content (AvgIpc) is 3.45. The van der Waals surface area contributed by atoms with Crippen molar-refractivity contribution in [1.82, 2.24) is 14.9 Å². The third-order valence-corrected chi connectivity index (χ3v) is 5.59. The van der Waals surface area contributed by atoms with E-state index in [4.69, 9.17) is 5.11 Å². The first-order chi connectivity index (χ1) is 15.9. The van der Waals surface area contributed by atoms with Gasteiger partial charge < -0.3 is 25.2 Å². The lowest BCUT2D eigenvalue weighted by Crippen LogP contribution is -2.33. The number of aliphatic hydroxyl groups excluding tert-OH is 2. The van der Waals surface area contributed by atoms with Crippen LogP contribution in [0.25, 0.3) is 5.52 Å². The number of aromatic nitrogens is 2. The number of amides is 1. The molecule has 0 spiro atoms. The number of hydrogen-bond donors (Lipinski definition) is 3. The van der Waals surface area contributed by atoms with Gasteiger partial charge in [0.25, 0.3) is 5.91 Å². The summed E-state index contributed by atoms with van der Waals surface area (Å²) in [4.78, 5) is 14.5. The zero-order valence-electron chi connectivity index (χ0n) is 17.5. The molecule has 1 aliphatic heterocycles. The van der Waals surface area contributed by atoms with Crippen molar-refractivity contribution in [2.75, 3.05) is 24.6 Å². The van der Waals surface area contributed by atoms with Gasteiger partial charge >= 0.3 is 6.61 Å². The molecule has 8 nitrogen and oxygen atoms in total. The highest BCUT2D eigenvalue weighted by atomic mass is 19.3. The number of carbonyl (C=O) groups is 1. The minimum absolute atomic E-state index is 0.0729. The molecule has 1 aromatic carbocycles. The lowest BCUT2D eigenvalue weighted by atomic mass is 10.0. The van der Waals surface area contributed by atoms with Crippen LogP contribution >= 0.6 is 0 Å². The number of nitrogens with zero attached hydrogens (tertiary/aromatic N) is 3. The molecule has 1 saturated heterocycles. The second-order valence-corrected chi connectivity index (χ2v) is 7.73. The number of pyridine rings is 1. The molecule has 11 heteroatoms. The van der Waals surface area contributed by atoms with Gasteiger partial charge in [0.1, 0.15) is 11.6 Å². The summed E-state index contributed by atoms with van der Waals surface area (Å²) in [6.45, 7) is -3.03. The number of ether oxygens (including phenoxy) is 1. The fraction of sp³-hybridized carbons (Fsp3) is 0.364. The Morgan fingerprint density at radius 3 is 2.88 bits per heavy atom. The van der Waals surface area contributed by atoms with E-state index in [1.807, 2.05) is 4.90 Å². The van der Waals surface area contributed by atoms with Gasteiger partial charge in [-0.15, -0.1) is 0 Å². The van der Waals surface area contributed by atoms with Gasteiger partial charge in [0.15, 0.2) is 0 Å². The molecular weight excluding hydrogens is 441 g/mol. The van der Waals surface area contributed by atoms with Crippen LogP contribution in [0.1, 0.15) is 34.8 Å². The Hall–Kier alpha value is -3.31. The van der Waals surface area contributed by atoms with Crippen LogP contribution in [0, 0.1) is 5.82 Å².